The second kappa shape index (κ2) is 11.4. The normalized spacial score (nSPS) is 15.3. The summed E-state index contributed by atoms with van der Waals surface area (Å²) in [6.07, 6.45) is 1.83. The molecule has 0 spiro atoms. The summed E-state index contributed by atoms with van der Waals surface area (Å²) in [5.41, 5.74) is 4.62. The molecule has 4 rings (SSSR count). The molecule has 0 unspecified atom stereocenters. The second-order valence-electron chi connectivity index (χ2n) is 8.46. The van der Waals surface area contributed by atoms with Crippen LogP contribution < -0.4 is 10.1 Å². The molecule has 184 valence electrons. The summed E-state index contributed by atoms with van der Waals surface area (Å²) in [7, 11) is 0. The molecule has 0 bridgehead atoms. The van der Waals surface area contributed by atoms with E-state index in [0.717, 1.165) is 32.4 Å². The van der Waals surface area contributed by atoms with Crippen LogP contribution in [0.1, 0.15) is 35.2 Å². The summed E-state index contributed by atoms with van der Waals surface area (Å²) in [6.45, 7) is 5.77. The number of amides is 2. The fraction of sp³-hybridized carbons (Fsp3) is 0.179. The number of carbonyl (C=O) groups is 2. The minimum Gasteiger partial charge on any atom is -0.484 e. The predicted octanol–water partition coefficient (Wildman–Crippen LogP) is 7.05. The summed E-state index contributed by atoms with van der Waals surface area (Å²) in [6, 6.07) is 20.9. The first-order chi connectivity index (χ1) is 17.2. The van der Waals surface area contributed by atoms with Gasteiger partial charge in [-0.1, -0.05) is 82.4 Å². The molecule has 0 aliphatic carbocycles. The Hall–Kier alpha value is -2.94. The Morgan fingerprint density at radius 3 is 2.39 bits per heavy atom. The highest BCUT2D eigenvalue weighted by Gasteiger charge is 2.35. The van der Waals surface area contributed by atoms with Gasteiger partial charge in [-0.2, -0.15) is 0 Å². The van der Waals surface area contributed by atoms with Gasteiger partial charge in [0.2, 0.25) is 0 Å². The fourth-order valence-electron chi connectivity index (χ4n) is 3.94. The molecule has 0 aromatic heterocycles. The molecule has 1 aliphatic heterocycles. The number of thioether (sulfide) groups is 1. The molecular weight excluding hydrogens is 556 g/mol. The number of rotatable bonds is 7. The molecule has 1 N–H and O–H groups in total. The molecule has 8 heteroatoms. The molecule has 1 aliphatic rings. The zero-order chi connectivity index (χ0) is 25.8. The number of benzene rings is 3. The van der Waals surface area contributed by atoms with Gasteiger partial charge in [-0.15, -0.1) is 0 Å². The van der Waals surface area contributed by atoms with E-state index in [1.54, 1.807) is 17.0 Å². The number of carbonyl (C=O) groups excluding carboxylic acids is 2. The van der Waals surface area contributed by atoms with Gasteiger partial charge in [0.15, 0.2) is 6.61 Å². The third kappa shape index (κ3) is 6.06. The van der Waals surface area contributed by atoms with E-state index in [4.69, 9.17) is 17.0 Å². The van der Waals surface area contributed by atoms with Gasteiger partial charge in [-0.05, 0) is 73.4 Å². The van der Waals surface area contributed by atoms with Crippen LogP contribution >= 0.6 is 39.9 Å². The fourth-order valence-corrected chi connectivity index (χ4v) is 6.04. The third-order valence-electron chi connectivity index (χ3n) is 5.80. The topological polar surface area (TPSA) is 58.6 Å². The van der Waals surface area contributed by atoms with Gasteiger partial charge in [0.25, 0.3) is 11.8 Å². The van der Waals surface area contributed by atoms with Gasteiger partial charge >= 0.3 is 0 Å². The molecule has 5 nitrogen and oxygen atoms in total. The van der Waals surface area contributed by atoms with Crippen molar-refractivity contribution in [1.82, 2.24) is 4.90 Å². The first-order valence-corrected chi connectivity index (χ1v) is 13.4. The van der Waals surface area contributed by atoms with Gasteiger partial charge in [0, 0.05) is 10.2 Å². The van der Waals surface area contributed by atoms with Crippen molar-refractivity contribution < 1.29 is 14.3 Å². The Morgan fingerprint density at radius 2 is 1.75 bits per heavy atom. The monoisotopic (exact) mass is 580 g/mol. The van der Waals surface area contributed by atoms with E-state index in [1.807, 2.05) is 81.4 Å². The molecule has 3 aromatic carbocycles. The van der Waals surface area contributed by atoms with E-state index in [0.29, 0.717) is 15.0 Å². The van der Waals surface area contributed by atoms with E-state index in [2.05, 4.69) is 21.2 Å². The van der Waals surface area contributed by atoms with Crippen LogP contribution in [0, 0.1) is 13.8 Å². The number of thiocarbonyl (C=S) groups is 1. The van der Waals surface area contributed by atoms with E-state index in [9.17, 15) is 9.59 Å². The minimum absolute atomic E-state index is 0.100. The third-order valence-corrected chi connectivity index (χ3v) is 7.59. The number of nitrogens with one attached hydrogen (secondary N) is 1. The van der Waals surface area contributed by atoms with Gasteiger partial charge in [-0.3, -0.25) is 14.5 Å². The highest BCUT2D eigenvalue weighted by atomic mass is 79.9. The molecule has 0 radical (unpaired) electrons. The first-order valence-electron chi connectivity index (χ1n) is 11.3. The maximum Gasteiger partial charge on any atom is 0.266 e. The van der Waals surface area contributed by atoms with Crippen molar-refractivity contribution in [3.8, 4) is 5.75 Å². The van der Waals surface area contributed by atoms with Gasteiger partial charge < -0.3 is 10.1 Å². The quantitative estimate of drug-likeness (QED) is 0.240. The zero-order valence-electron chi connectivity index (χ0n) is 20.1. The lowest BCUT2D eigenvalue weighted by Gasteiger charge is -2.23. The van der Waals surface area contributed by atoms with Gasteiger partial charge in [0.05, 0.1) is 10.9 Å². The van der Waals surface area contributed by atoms with Crippen LogP contribution in [0.4, 0.5) is 5.69 Å². The number of aryl methyl sites for hydroxylation is 2. The number of halogens is 1. The molecule has 3 aromatic rings. The Morgan fingerprint density at radius 1 is 1.11 bits per heavy atom. The van der Waals surface area contributed by atoms with E-state index in [1.165, 1.54) is 11.8 Å². The van der Waals surface area contributed by atoms with Crippen molar-refractivity contribution in [3.63, 3.8) is 0 Å². The molecule has 1 atom stereocenters. The summed E-state index contributed by atoms with van der Waals surface area (Å²) in [5, 5.41) is 2.92. The largest absolute Gasteiger partial charge is 0.484 e. The minimum atomic E-state index is -0.233. The average molecular weight is 582 g/mol. The maximum absolute atomic E-state index is 13.1. The van der Waals surface area contributed by atoms with Gasteiger partial charge in [0.1, 0.15) is 10.1 Å². The highest BCUT2D eigenvalue weighted by molar-refractivity contribution is 9.10. The Labute approximate surface area is 229 Å². The maximum atomic E-state index is 13.1. The van der Waals surface area contributed by atoms with Crippen molar-refractivity contribution in [2.75, 3.05) is 11.9 Å². The molecule has 36 heavy (non-hydrogen) atoms. The highest BCUT2D eigenvalue weighted by Crippen LogP contribution is 2.38. The van der Waals surface area contributed by atoms with Crippen LogP contribution in [0.3, 0.4) is 0 Å². The molecule has 1 fully saturated rings. The number of nitrogens with zero attached hydrogens (tertiary/aromatic N) is 1. The smallest absolute Gasteiger partial charge is 0.266 e. The number of ether oxygens (including phenoxy) is 1. The first kappa shape index (κ1) is 26.1. The van der Waals surface area contributed by atoms with E-state index < -0.39 is 0 Å². The van der Waals surface area contributed by atoms with Crippen molar-refractivity contribution in [1.29, 1.82) is 0 Å². The lowest BCUT2D eigenvalue weighted by Crippen LogP contribution is -2.30. The van der Waals surface area contributed by atoms with Crippen LogP contribution in [0.15, 0.2) is 76.1 Å². The van der Waals surface area contributed by atoms with Crippen LogP contribution in [-0.4, -0.2) is 27.6 Å². The Bertz CT molecular complexity index is 1320. The molecule has 0 saturated carbocycles. The SMILES string of the molecule is Cc1cc(Br)cc(C)c1NC(=O)COc1ccc(/C=C2\SC(=S)N([C@@H](C)c3ccccc3)C2=O)cc1. The van der Waals surface area contributed by atoms with Crippen LogP contribution in [0.5, 0.6) is 5.75 Å². The number of hydrogen-bond donors (Lipinski definition) is 1. The summed E-state index contributed by atoms with van der Waals surface area (Å²) in [4.78, 5) is 27.7. The van der Waals surface area contributed by atoms with Crippen LogP contribution in [-0.2, 0) is 9.59 Å². The lowest BCUT2D eigenvalue weighted by atomic mass is 10.1. The van der Waals surface area contributed by atoms with Crippen molar-refractivity contribution in [3.05, 3.63) is 98.4 Å². The molecule has 2 amide bonds. The predicted molar refractivity (Wildman–Crippen MR) is 154 cm³/mol. The van der Waals surface area contributed by atoms with Crippen molar-refractivity contribution >= 4 is 67.8 Å². The Kier molecular flexibility index (Phi) is 8.28. The lowest BCUT2D eigenvalue weighted by molar-refractivity contribution is -0.123. The van der Waals surface area contributed by atoms with Crippen LogP contribution in [0.25, 0.3) is 6.08 Å². The van der Waals surface area contributed by atoms with Crippen molar-refractivity contribution in [2.24, 2.45) is 0 Å². The molecule has 1 saturated heterocycles. The van der Waals surface area contributed by atoms with Crippen LogP contribution in [0.2, 0.25) is 0 Å². The summed E-state index contributed by atoms with van der Waals surface area (Å²) in [5.74, 6) is 0.234. The zero-order valence-corrected chi connectivity index (χ0v) is 23.3. The summed E-state index contributed by atoms with van der Waals surface area (Å²) < 4.78 is 7.18. The molecule has 1 heterocycles. The average Bonchev–Trinajstić information content (AvgIpc) is 3.13. The Balaban J connectivity index is 1.37. The number of anilines is 1. The number of hydrogen-bond acceptors (Lipinski definition) is 5. The standard InChI is InChI=1S/C28H25BrN2O3S2/c1-17-13-22(29)14-18(2)26(17)30-25(32)16-34-23-11-9-20(10-12-23)15-24-27(33)31(28(35)36-24)19(3)21-7-5-4-6-8-21/h4-15,19H,16H2,1-3H3,(H,30,32)/b24-15-/t19-/m0/s1. The molecular formula is C28H25BrN2O3S2. The summed E-state index contributed by atoms with van der Waals surface area (Å²) >= 11 is 10.3. The second-order valence-corrected chi connectivity index (χ2v) is 11.1. The van der Waals surface area contributed by atoms with Gasteiger partial charge in [-0.25, -0.2) is 0 Å². The van der Waals surface area contributed by atoms with E-state index in [-0.39, 0.29) is 24.5 Å². The van der Waals surface area contributed by atoms with Crippen molar-refractivity contribution in [2.45, 2.75) is 26.8 Å². The van der Waals surface area contributed by atoms with E-state index >= 15 is 0 Å².